The molecule has 2 aromatic rings. The first-order valence-electron chi connectivity index (χ1n) is 7.64. The number of halogens is 2. The van der Waals surface area contributed by atoms with Gasteiger partial charge in [-0.3, -0.25) is 4.79 Å². The van der Waals surface area contributed by atoms with Gasteiger partial charge in [0.05, 0.1) is 11.3 Å². The molecule has 1 aliphatic heterocycles. The summed E-state index contributed by atoms with van der Waals surface area (Å²) in [5.74, 6) is 1.03. The quantitative estimate of drug-likeness (QED) is 0.562. The van der Waals surface area contributed by atoms with Gasteiger partial charge in [0.1, 0.15) is 19.0 Å². The van der Waals surface area contributed by atoms with E-state index in [9.17, 15) is 13.6 Å². The number of rotatable bonds is 6. The number of fused-ring (bicyclic) bond motifs is 1. The molecule has 25 heavy (non-hydrogen) atoms. The van der Waals surface area contributed by atoms with E-state index in [2.05, 4.69) is 4.74 Å². The van der Waals surface area contributed by atoms with E-state index < -0.39 is 6.61 Å². The van der Waals surface area contributed by atoms with Crippen molar-refractivity contribution in [2.75, 3.05) is 19.0 Å². The fourth-order valence-electron chi connectivity index (χ4n) is 2.40. The SMILES string of the molecule is Cc1ccc(OC(F)F)c(C(=O)CSc2ccc3c(c2)OCCO3)c1. The number of thioether (sulfide) groups is 1. The van der Waals surface area contributed by atoms with Gasteiger partial charge in [-0.2, -0.15) is 8.78 Å². The number of Topliss-reactive ketones (excluding diaryl/α,β-unsaturated/α-hetero) is 1. The Morgan fingerprint density at radius 2 is 1.92 bits per heavy atom. The third-order valence-corrected chi connectivity index (χ3v) is 4.53. The lowest BCUT2D eigenvalue weighted by Gasteiger charge is -2.18. The molecule has 0 unspecified atom stereocenters. The van der Waals surface area contributed by atoms with Gasteiger partial charge in [0, 0.05) is 4.90 Å². The zero-order chi connectivity index (χ0) is 17.8. The smallest absolute Gasteiger partial charge is 0.387 e. The summed E-state index contributed by atoms with van der Waals surface area (Å²) in [5.41, 5.74) is 0.958. The molecule has 132 valence electrons. The number of alkyl halides is 2. The summed E-state index contributed by atoms with van der Waals surface area (Å²) in [6.45, 7) is -0.188. The molecule has 0 radical (unpaired) electrons. The van der Waals surface area contributed by atoms with Gasteiger partial charge in [0.15, 0.2) is 17.3 Å². The highest BCUT2D eigenvalue weighted by atomic mass is 32.2. The summed E-state index contributed by atoms with van der Waals surface area (Å²) < 4.78 is 40.4. The van der Waals surface area contributed by atoms with E-state index in [0.717, 1.165) is 10.5 Å². The summed E-state index contributed by atoms with van der Waals surface area (Å²) in [5, 5.41) is 0. The first-order valence-corrected chi connectivity index (χ1v) is 8.62. The van der Waals surface area contributed by atoms with E-state index in [1.807, 2.05) is 6.07 Å². The predicted molar refractivity (Wildman–Crippen MR) is 90.3 cm³/mol. The predicted octanol–water partition coefficient (Wildman–Crippen LogP) is 4.34. The van der Waals surface area contributed by atoms with Gasteiger partial charge in [0.25, 0.3) is 0 Å². The van der Waals surface area contributed by atoms with Crippen LogP contribution in [0.25, 0.3) is 0 Å². The number of aryl methyl sites for hydroxylation is 1. The lowest BCUT2D eigenvalue weighted by atomic mass is 10.1. The molecule has 7 heteroatoms. The Morgan fingerprint density at radius 3 is 2.68 bits per heavy atom. The number of carbonyl (C=O) groups is 1. The van der Waals surface area contributed by atoms with Crippen LogP contribution in [0.2, 0.25) is 0 Å². The summed E-state index contributed by atoms with van der Waals surface area (Å²) in [6.07, 6.45) is 0. The second-order valence-electron chi connectivity index (χ2n) is 5.40. The van der Waals surface area contributed by atoms with Crippen LogP contribution >= 0.6 is 11.8 Å². The van der Waals surface area contributed by atoms with Crippen LogP contribution in [0, 0.1) is 6.92 Å². The molecule has 0 aromatic heterocycles. The van der Waals surface area contributed by atoms with Gasteiger partial charge >= 0.3 is 6.61 Å². The Hall–Kier alpha value is -2.28. The van der Waals surface area contributed by atoms with Crippen molar-refractivity contribution >= 4 is 17.5 Å². The molecule has 3 rings (SSSR count). The van der Waals surface area contributed by atoms with E-state index >= 15 is 0 Å². The second-order valence-corrected chi connectivity index (χ2v) is 6.44. The molecule has 4 nitrogen and oxygen atoms in total. The highest BCUT2D eigenvalue weighted by Crippen LogP contribution is 2.34. The Morgan fingerprint density at radius 1 is 1.16 bits per heavy atom. The molecule has 1 aliphatic rings. The zero-order valence-electron chi connectivity index (χ0n) is 13.5. The first-order chi connectivity index (χ1) is 12.0. The maximum atomic E-state index is 12.5. The molecule has 0 aliphatic carbocycles. The topological polar surface area (TPSA) is 44.8 Å². The number of ketones is 1. The van der Waals surface area contributed by atoms with Crippen molar-refractivity contribution in [1.29, 1.82) is 0 Å². The molecule has 0 saturated heterocycles. The van der Waals surface area contributed by atoms with Crippen molar-refractivity contribution < 1.29 is 27.8 Å². The van der Waals surface area contributed by atoms with Crippen LogP contribution in [0.3, 0.4) is 0 Å². The molecular weight excluding hydrogens is 350 g/mol. The van der Waals surface area contributed by atoms with Crippen LogP contribution < -0.4 is 14.2 Å². The monoisotopic (exact) mass is 366 g/mol. The summed E-state index contributed by atoms with van der Waals surface area (Å²) in [6, 6.07) is 10.0. The van der Waals surface area contributed by atoms with Crippen molar-refractivity contribution in [3.05, 3.63) is 47.5 Å². The van der Waals surface area contributed by atoms with Crippen molar-refractivity contribution in [2.45, 2.75) is 18.4 Å². The van der Waals surface area contributed by atoms with Gasteiger partial charge in [-0.05, 0) is 37.3 Å². The van der Waals surface area contributed by atoms with Crippen LogP contribution in [0.1, 0.15) is 15.9 Å². The fourth-order valence-corrected chi connectivity index (χ4v) is 3.21. The van der Waals surface area contributed by atoms with Crippen LogP contribution in [0.15, 0.2) is 41.3 Å². The Kier molecular flexibility index (Phi) is 5.43. The molecule has 2 aromatic carbocycles. The largest absolute Gasteiger partial charge is 0.486 e. The molecule has 1 heterocycles. The number of ether oxygens (including phenoxy) is 3. The molecule has 0 saturated carbocycles. The van der Waals surface area contributed by atoms with Crippen LogP contribution in [0.5, 0.6) is 17.2 Å². The van der Waals surface area contributed by atoms with Crippen LogP contribution in [-0.2, 0) is 0 Å². The molecule has 0 bridgehead atoms. The Balaban J connectivity index is 1.71. The van der Waals surface area contributed by atoms with E-state index in [-0.39, 0.29) is 22.8 Å². The average molecular weight is 366 g/mol. The minimum absolute atomic E-state index is 0.0999. The van der Waals surface area contributed by atoms with Gasteiger partial charge in [-0.1, -0.05) is 11.6 Å². The summed E-state index contributed by atoms with van der Waals surface area (Å²) >= 11 is 1.30. The Labute approximate surface area is 148 Å². The molecule has 0 amide bonds. The summed E-state index contributed by atoms with van der Waals surface area (Å²) in [7, 11) is 0. The van der Waals surface area contributed by atoms with E-state index in [1.165, 1.54) is 17.8 Å². The minimum Gasteiger partial charge on any atom is -0.486 e. The van der Waals surface area contributed by atoms with Crippen molar-refractivity contribution in [3.63, 3.8) is 0 Å². The standard InChI is InChI=1S/C18H16F2O4S/c1-11-2-4-15(24-18(19)20)13(8-11)14(21)10-25-12-3-5-16-17(9-12)23-7-6-22-16/h2-5,8-9,18H,6-7,10H2,1H3. The van der Waals surface area contributed by atoms with Crippen molar-refractivity contribution in [3.8, 4) is 17.2 Å². The molecule has 0 N–H and O–H groups in total. The zero-order valence-corrected chi connectivity index (χ0v) is 14.3. The third kappa shape index (κ3) is 4.42. The highest BCUT2D eigenvalue weighted by Gasteiger charge is 2.17. The number of hydrogen-bond acceptors (Lipinski definition) is 5. The molecule has 0 atom stereocenters. The van der Waals surface area contributed by atoms with Crippen molar-refractivity contribution in [2.24, 2.45) is 0 Å². The van der Waals surface area contributed by atoms with E-state index in [4.69, 9.17) is 9.47 Å². The molecule has 0 spiro atoms. The van der Waals surface area contributed by atoms with Gasteiger partial charge in [-0.25, -0.2) is 0 Å². The maximum Gasteiger partial charge on any atom is 0.387 e. The normalized spacial score (nSPS) is 13.0. The molecule has 0 fully saturated rings. The van der Waals surface area contributed by atoms with Crippen LogP contribution in [-0.4, -0.2) is 31.4 Å². The van der Waals surface area contributed by atoms with E-state index in [0.29, 0.717) is 24.7 Å². The lowest BCUT2D eigenvalue weighted by molar-refractivity contribution is -0.0501. The summed E-state index contributed by atoms with van der Waals surface area (Å²) in [4.78, 5) is 13.3. The first kappa shape index (κ1) is 17.5. The third-order valence-electron chi connectivity index (χ3n) is 3.54. The highest BCUT2D eigenvalue weighted by molar-refractivity contribution is 8.00. The number of hydrogen-bond donors (Lipinski definition) is 0. The van der Waals surface area contributed by atoms with Gasteiger partial charge in [0.2, 0.25) is 0 Å². The number of carbonyl (C=O) groups excluding carboxylic acids is 1. The molecular formula is C18H16F2O4S. The van der Waals surface area contributed by atoms with Gasteiger partial charge < -0.3 is 14.2 Å². The minimum atomic E-state index is -2.97. The number of benzene rings is 2. The van der Waals surface area contributed by atoms with Crippen LogP contribution in [0.4, 0.5) is 8.78 Å². The van der Waals surface area contributed by atoms with E-state index in [1.54, 1.807) is 31.2 Å². The lowest BCUT2D eigenvalue weighted by Crippen LogP contribution is -2.15. The van der Waals surface area contributed by atoms with Gasteiger partial charge in [-0.15, -0.1) is 11.8 Å². The second kappa shape index (κ2) is 7.74. The average Bonchev–Trinajstić information content (AvgIpc) is 2.60. The maximum absolute atomic E-state index is 12.5. The Bertz CT molecular complexity index is 780. The van der Waals surface area contributed by atoms with Crippen molar-refractivity contribution in [1.82, 2.24) is 0 Å². The fraction of sp³-hybridized carbons (Fsp3) is 0.278.